The molecule has 1 aliphatic rings. The molecule has 1 fully saturated rings. The number of aromatic nitrogens is 1. The quantitative estimate of drug-likeness (QED) is 0.847. The standard InChI is InChI=1S/C15H18N2O3S/c1-15(2)11(7-12(15)18)17-13(19)8-21-14-16-9-5-3-4-6-10(9)20-14/h3-6,11-12,18H,7-8H2,1-2H3,(H,17,19). The van der Waals surface area contributed by atoms with Gasteiger partial charge in [0.1, 0.15) is 5.52 Å². The highest BCUT2D eigenvalue weighted by Gasteiger charge is 2.47. The van der Waals surface area contributed by atoms with Crippen molar-refractivity contribution in [1.29, 1.82) is 0 Å². The van der Waals surface area contributed by atoms with Crippen LogP contribution in [0.25, 0.3) is 11.1 Å². The molecule has 0 saturated heterocycles. The van der Waals surface area contributed by atoms with Crippen LogP contribution in [0.3, 0.4) is 0 Å². The van der Waals surface area contributed by atoms with Gasteiger partial charge in [-0.25, -0.2) is 4.98 Å². The Hall–Kier alpha value is -1.53. The van der Waals surface area contributed by atoms with Crippen LogP contribution in [0.2, 0.25) is 0 Å². The van der Waals surface area contributed by atoms with Crippen molar-refractivity contribution < 1.29 is 14.3 Å². The number of aliphatic hydroxyl groups is 1. The van der Waals surface area contributed by atoms with E-state index in [1.54, 1.807) is 0 Å². The highest BCUT2D eigenvalue weighted by Crippen LogP contribution is 2.40. The second kappa shape index (κ2) is 5.35. The first-order valence-corrected chi connectivity index (χ1v) is 7.91. The normalized spacial score (nSPS) is 23.8. The predicted molar refractivity (Wildman–Crippen MR) is 81.1 cm³/mol. The van der Waals surface area contributed by atoms with Crippen LogP contribution in [-0.4, -0.2) is 33.9 Å². The number of carbonyl (C=O) groups is 1. The number of benzene rings is 1. The Morgan fingerprint density at radius 2 is 2.29 bits per heavy atom. The van der Waals surface area contributed by atoms with Gasteiger partial charge in [0.15, 0.2) is 5.58 Å². The minimum Gasteiger partial charge on any atom is -0.431 e. The van der Waals surface area contributed by atoms with Crippen LogP contribution in [0, 0.1) is 5.41 Å². The third-order valence-corrected chi connectivity index (χ3v) is 4.98. The molecule has 1 aromatic carbocycles. The van der Waals surface area contributed by atoms with Crippen LogP contribution < -0.4 is 5.32 Å². The molecule has 0 spiro atoms. The summed E-state index contributed by atoms with van der Waals surface area (Å²) < 4.78 is 5.55. The number of thioether (sulfide) groups is 1. The third kappa shape index (κ3) is 2.78. The van der Waals surface area contributed by atoms with Crippen molar-refractivity contribution >= 4 is 28.8 Å². The Morgan fingerprint density at radius 1 is 1.52 bits per heavy atom. The molecule has 0 aliphatic heterocycles. The van der Waals surface area contributed by atoms with Crippen molar-refractivity contribution in [2.24, 2.45) is 5.41 Å². The van der Waals surface area contributed by atoms with Crippen LogP contribution >= 0.6 is 11.8 Å². The number of amides is 1. The van der Waals surface area contributed by atoms with E-state index in [2.05, 4.69) is 10.3 Å². The van der Waals surface area contributed by atoms with Crippen molar-refractivity contribution in [2.75, 3.05) is 5.75 Å². The lowest BCUT2D eigenvalue weighted by atomic mass is 9.64. The Morgan fingerprint density at radius 3 is 2.95 bits per heavy atom. The molecule has 1 aromatic heterocycles. The molecule has 2 atom stereocenters. The fourth-order valence-corrected chi connectivity index (χ4v) is 3.07. The number of nitrogens with zero attached hydrogens (tertiary/aromatic N) is 1. The average molecular weight is 306 g/mol. The summed E-state index contributed by atoms with van der Waals surface area (Å²) in [5.74, 6) is 0.197. The summed E-state index contributed by atoms with van der Waals surface area (Å²) in [6, 6.07) is 7.55. The molecule has 0 bridgehead atoms. The van der Waals surface area contributed by atoms with E-state index >= 15 is 0 Å². The van der Waals surface area contributed by atoms with E-state index in [0.29, 0.717) is 11.6 Å². The van der Waals surface area contributed by atoms with E-state index in [4.69, 9.17) is 4.42 Å². The molecule has 1 heterocycles. The Kier molecular flexibility index (Phi) is 3.67. The van der Waals surface area contributed by atoms with Gasteiger partial charge >= 0.3 is 0 Å². The Bertz CT molecular complexity index is 635. The smallest absolute Gasteiger partial charge is 0.257 e. The van der Waals surface area contributed by atoms with Gasteiger partial charge in [0.25, 0.3) is 5.22 Å². The maximum absolute atomic E-state index is 11.9. The lowest BCUT2D eigenvalue weighted by Gasteiger charge is -2.49. The topological polar surface area (TPSA) is 75.4 Å². The van der Waals surface area contributed by atoms with Crippen molar-refractivity contribution in [1.82, 2.24) is 10.3 Å². The molecule has 6 heteroatoms. The fourth-order valence-electron chi connectivity index (χ4n) is 2.42. The second-order valence-corrected chi connectivity index (χ2v) is 6.86. The van der Waals surface area contributed by atoms with E-state index in [9.17, 15) is 9.90 Å². The lowest BCUT2D eigenvalue weighted by Crippen LogP contribution is -2.61. The van der Waals surface area contributed by atoms with E-state index in [1.165, 1.54) is 11.8 Å². The molecule has 2 unspecified atom stereocenters. The van der Waals surface area contributed by atoms with E-state index in [1.807, 2.05) is 38.1 Å². The van der Waals surface area contributed by atoms with Gasteiger partial charge in [-0.05, 0) is 18.6 Å². The van der Waals surface area contributed by atoms with Gasteiger partial charge in [-0.15, -0.1) is 0 Å². The zero-order chi connectivity index (χ0) is 15.0. The number of rotatable bonds is 4. The first kappa shape index (κ1) is 14.4. The lowest BCUT2D eigenvalue weighted by molar-refractivity contribution is -0.126. The predicted octanol–water partition coefficient (Wildman–Crippen LogP) is 2.20. The maximum Gasteiger partial charge on any atom is 0.257 e. The average Bonchev–Trinajstić information content (AvgIpc) is 2.87. The molecule has 2 N–H and O–H groups in total. The molecule has 0 radical (unpaired) electrons. The summed E-state index contributed by atoms with van der Waals surface area (Å²) in [4.78, 5) is 16.3. The number of hydrogen-bond donors (Lipinski definition) is 2. The van der Waals surface area contributed by atoms with E-state index < -0.39 is 0 Å². The molecular formula is C15H18N2O3S. The molecule has 2 aromatic rings. The van der Waals surface area contributed by atoms with Gasteiger partial charge in [0.2, 0.25) is 5.91 Å². The maximum atomic E-state index is 11.9. The zero-order valence-corrected chi connectivity index (χ0v) is 12.8. The van der Waals surface area contributed by atoms with E-state index in [0.717, 1.165) is 11.1 Å². The van der Waals surface area contributed by atoms with Gasteiger partial charge in [-0.1, -0.05) is 37.7 Å². The first-order chi connectivity index (χ1) is 9.96. The number of carbonyl (C=O) groups excluding carboxylic acids is 1. The summed E-state index contributed by atoms with van der Waals surface area (Å²) in [5.41, 5.74) is 1.27. The number of nitrogens with one attached hydrogen (secondary N) is 1. The van der Waals surface area contributed by atoms with Gasteiger partial charge in [-0.3, -0.25) is 4.79 Å². The SMILES string of the molecule is CC1(C)C(O)CC1NC(=O)CSc1nc2ccccc2o1. The van der Waals surface area contributed by atoms with Crippen LogP contribution in [0.15, 0.2) is 33.9 Å². The summed E-state index contributed by atoms with van der Waals surface area (Å²) in [6.07, 6.45) is 0.277. The number of oxazole rings is 1. The minimum atomic E-state index is -0.340. The largest absolute Gasteiger partial charge is 0.431 e. The number of aliphatic hydroxyl groups excluding tert-OH is 1. The van der Waals surface area contributed by atoms with Gasteiger partial charge < -0.3 is 14.8 Å². The van der Waals surface area contributed by atoms with Crippen LogP contribution in [0.1, 0.15) is 20.3 Å². The number of para-hydroxylation sites is 2. The summed E-state index contributed by atoms with van der Waals surface area (Å²) in [7, 11) is 0. The second-order valence-electron chi connectivity index (χ2n) is 5.93. The van der Waals surface area contributed by atoms with Crippen molar-refractivity contribution in [3.05, 3.63) is 24.3 Å². The number of hydrogen-bond acceptors (Lipinski definition) is 5. The minimum absolute atomic E-state index is 0.0317. The molecule has 3 rings (SSSR count). The Balaban J connectivity index is 1.54. The van der Waals surface area contributed by atoms with Crippen molar-refractivity contribution in [2.45, 2.75) is 37.6 Å². The summed E-state index contributed by atoms with van der Waals surface area (Å²) >= 11 is 1.28. The summed E-state index contributed by atoms with van der Waals surface area (Å²) in [6.45, 7) is 3.92. The molecule has 1 saturated carbocycles. The molecular weight excluding hydrogens is 288 g/mol. The zero-order valence-electron chi connectivity index (χ0n) is 12.0. The summed E-state index contributed by atoms with van der Waals surface area (Å²) in [5, 5.41) is 13.1. The third-order valence-electron chi connectivity index (χ3n) is 4.15. The monoisotopic (exact) mass is 306 g/mol. The van der Waals surface area contributed by atoms with Crippen molar-refractivity contribution in [3.63, 3.8) is 0 Å². The molecule has 5 nitrogen and oxygen atoms in total. The van der Waals surface area contributed by atoms with Gasteiger partial charge in [-0.2, -0.15) is 0 Å². The molecule has 1 amide bonds. The van der Waals surface area contributed by atoms with Crippen LogP contribution in [0.5, 0.6) is 0 Å². The van der Waals surface area contributed by atoms with Crippen LogP contribution in [-0.2, 0) is 4.79 Å². The van der Waals surface area contributed by atoms with Crippen LogP contribution in [0.4, 0.5) is 0 Å². The first-order valence-electron chi connectivity index (χ1n) is 6.92. The Labute approximate surface area is 127 Å². The molecule has 112 valence electrons. The highest BCUT2D eigenvalue weighted by atomic mass is 32.2. The van der Waals surface area contributed by atoms with Crippen molar-refractivity contribution in [3.8, 4) is 0 Å². The fraction of sp³-hybridized carbons (Fsp3) is 0.467. The highest BCUT2D eigenvalue weighted by molar-refractivity contribution is 7.99. The molecule has 21 heavy (non-hydrogen) atoms. The molecule has 1 aliphatic carbocycles. The van der Waals surface area contributed by atoms with Gasteiger partial charge in [0.05, 0.1) is 11.9 Å². The van der Waals surface area contributed by atoms with E-state index in [-0.39, 0.29) is 29.2 Å². The number of fused-ring (bicyclic) bond motifs is 1. The van der Waals surface area contributed by atoms with Gasteiger partial charge in [0, 0.05) is 11.5 Å².